The van der Waals surface area contributed by atoms with E-state index >= 15 is 0 Å². The van der Waals surface area contributed by atoms with E-state index in [4.69, 9.17) is 23.2 Å². The number of aromatic nitrogens is 1. The molecule has 0 atom stereocenters. The Morgan fingerprint density at radius 1 is 1.13 bits per heavy atom. The van der Waals surface area contributed by atoms with Gasteiger partial charge in [-0.2, -0.15) is 4.99 Å². The van der Waals surface area contributed by atoms with Crippen molar-refractivity contribution in [2.75, 3.05) is 6.26 Å². The molecule has 0 spiro atoms. The molecule has 0 aliphatic heterocycles. The molecule has 23 heavy (non-hydrogen) atoms. The summed E-state index contributed by atoms with van der Waals surface area (Å²) in [6, 6.07) is 10.9. The van der Waals surface area contributed by atoms with Crippen LogP contribution in [0.2, 0.25) is 10.0 Å². The molecule has 1 heterocycles. The van der Waals surface area contributed by atoms with E-state index in [9.17, 15) is 4.79 Å². The summed E-state index contributed by atoms with van der Waals surface area (Å²) >= 11 is 15.4. The predicted octanol–water partition coefficient (Wildman–Crippen LogP) is 5.01. The SMILES string of the molecule is CSc1ccc(C(=O)N=c2sc3c(Cl)ccc(Cl)c3n2C)cc1. The quantitative estimate of drug-likeness (QED) is 0.583. The topological polar surface area (TPSA) is 34.4 Å². The van der Waals surface area contributed by atoms with Gasteiger partial charge < -0.3 is 4.57 Å². The number of fused-ring (bicyclic) bond motifs is 1. The Kier molecular flexibility index (Phi) is 4.82. The molecule has 7 heteroatoms. The van der Waals surface area contributed by atoms with Crippen LogP contribution >= 0.6 is 46.3 Å². The Morgan fingerprint density at radius 3 is 2.39 bits per heavy atom. The van der Waals surface area contributed by atoms with Gasteiger partial charge in [-0.1, -0.05) is 34.5 Å². The van der Waals surface area contributed by atoms with Crippen LogP contribution in [0.1, 0.15) is 10.4 Å². The summed E-state index contributed by atoms with van der Waals surface area (Å²) in [4.78, 5) is 18.3. The molecular formula is C16H12Cl2N2OS2. The number of rotatable bonds is 2. The standard InChI is InChI=1S/C16H12Cl2N2OS2/c1-20-13-11(17)7-8-12(18)14(13)23-16(20)19-15(21)9-3-5-10(22-2)6-4-9/h3-8H,1-2H3. The van der Waals surface area contributed by atoms with E-state index in [1.165, 1.54) is 11.3 Å². The Hall–Kier alpha value is -1.27. The minimum absolute atomic E-state index is 0.285. The van der Waals surface area contributed by atoms with Crippen LogP contribution in [-0.4, -0.2) is 16.7 Å². The van der Waals surface area contributed by atoms with Gasteiger partial charge in [-0.05, 0) is 42.7 Å². The number of amides is 1. The summed E-state index contributed by atoms with van der Waals surface area (Å²) in [5.74, 6) is -0.285. The van der Waals surface area contributed by atoms with Gasteiger partial charge in [-0.25, -0.2) is 0 Å². The molecule has 0 aliphatic rings. The highest BCUT2D eigenvalue weighted by Crippen LogP contribution is 2.31. The van der Waals surface area contributed by atoms with E-state index in [1.807, 2.05) is 25.4 Å². The first kappa shape index (κ1) is 16.6. The number of carbonyl (C=O) groups is 1. The smallest absolute Gasteiger partial charge is 0.279 e. The zero-order valence-corrected chi connectivity index (χ0v) is 15.5. The van der Waals surface area contributed by atoms with Crippen molar-refractivity contribution < 1.29 is 4.79 Å². The zero-order chi connectivity index (χ0) is 16.6. The summed E-state index contributed by atoms with van der Waals surface area (Å²) in [5, 5.41) is 1.18. The number of hydrogen-bond donors (Lipinski definition) is 0. The van der Waals surface area contributed by atoms with Gasteiger partial charge in [0.2, 0.25) is 0 Å². The molecule has 0 saturated carbocycles. The Morgan fingerprint density at radius 2 is 1.78 bits per heavy atom. The highest BCUT2D eigenvalue weighted by Gasteiger charge is 2.12. The van der Waals surface area contributed by atoms with Crippen molar-refractivity contribution in [1.29, 1.82) is 0 Å². The molecule has 0 unspecified atom stereocenters. The molecule has 118 valence electrons. The molecule has 2 aromatic carbocycles. The maximum absolute atomic E-state index is 12.4. The number of benzene rings is 2. The van der Waals surface area contributed by atoms with Gasteiger partial charge in [-0.15, -0.1) is 11.8 Å². The van der Waals surface area contributed by atoms with Gasteiger partial charge >= 0.3 is 0 Å². The predicted molar refractivity (Wildman–Crippen MR) is 98.9 cm³/mol. The van der Waals surface area contributed by atoms with Crippen molar-refractivity contribution in [3.63, 3.8) is 0 Å². The summed E-state index contributed by atoms with van der Waals surface area (Å²) in [5.41, 5.74) is 1.34. The average molecular weight is 383 g/mol. The van der Waals surface area contributed by atoms with Crippen molar-refractivity contribution >= 4 is 62.4 Å². The van der Waals surface area contributed by atoms with E-state index in [0.29, 0.717) is 20.4 Å². The maximum Gasteiger partial charge on any atom is 0.279 e. The van der Waals surface area contributed by atoms with Crippen LogP contribution in [0.25, 0.3) is 10.2 Å². The normalized spacial score (nSPS) is 12.1. The number of aryl methyl sites for hydroxylation is 1. The van der Waals surface area contributed by atoms with Crippen LogP contribution in [0.3, 0.4) is 0 Å². The number of hydrogen-bond acceptors (Lipinski definition) is 3. The van der Waals surface area contributed by atoms with Crippen LogP contribution in [0, 0.1) is 0 Å². The first-order valence-electron chi connectivity index (χ1n) is 6.68. The molecule has 3 rings (SSSR count). The third kappa shape index (κ3) is 3.19. The molecule has 3 nitrogen and oxygen atoms in total. The highest BCUT2D eigenvalue weighted by atomic mass is 35.5. The number of thiazole rings is 1. The Bertz CT molecular complexity index is 959. The van der Waals surface area contributed by atoms with Gasteiger partial charge in [0, 0.05) is 17.5 Å². The van der Waals surface area contributed by atoms with Gasteiger partial charge in [0.25, 0.3) is 5.91 Å². The van der Waals surface area contributed by atoms with Crippen molar-refractivity contribution in [3.05, 3.63) is 56.8 Å². The fourth-order valence-electron chi connectivity index (χ4n) is 2.17. The van der Waals surface area contributed by atoms with E-state index in [1.54, 1.807) is 40.6 Å². The van der Waals surface area contributed by atoms with Crippen LogP contribution in [0.4, 0.5) is 0 Å². The molecular weight excluding hydrogens is 371 g/mol. The van der Waals surface area contributed by atoms with Gasteiger partial charge in [0.1, 0.15) is 0 Å². The van der Waals surface area contributed by atoms with Gasteiger partial charge in [0.15, 0.2) is 4.80 Å². The molecule has 0 fully saturated rings. The lowest BCUT2D eigenvalue weighted by molar-refractivity contribution is 0.0998. The first-order valence-corrected chi connectivity index (χ1v) is 9.47. The van der Waals surface area contributed by atoms with E-state index in [-0.39, 0.29) is 5.91 Å². The minimum atomic E-state index is -0.285. The Balaban J connectivity index is 2.10. The van der Waals surface area contributed by atoms with Crippen molar-refractivity contribution in [2.45, 2.75) is 4.90 Å². The lowest BCUT2D eigenvalue weighted by atomic mass is 10.2. The second-order valence-electron chi connectivity index (χ2n) is 4.80. The molecule has 0 saturated heterocycles. The number of thioether (sulfide) groups is 1. The van der Waals surface area contributed by atoms with E-state index < -0.39 is 0 Å². The second-order valence-corrected chi connectivity index (χ2v) is 7.47. The summed E-state index contributed by atoms with van der Waals surface area (Å²) in [7, 11) is 1.82. The molecule has 0 radical (unpaired) electrons. The number of halogens is 2. The molecule has 0 bridgehead atoms. The molecule has 0 N–H and O–H groups in total. The fourth-order valence-corrected chi connectivity index (χ4v) is 4.24. The maximum atomic E-state index is 12.4. The monoisotopic (exact) mass is 382 g/mol. The molecule has 3 aromatic rings. The largest absolute Gasteiger partial charge is 0.318 e. The summed E-state index contributed by atoms with van der Waals surface area (Å²) < 4.78 is 2.62. The number of nitrogens with zero attached hydrogens (tertiary/aromatic N) is 2. The first-order chi connectivity index (χ1) is 11.0. The summed E-state index contributed by atoms with van der Waals surface area (Å²) in [6.45, 7) is 0. The van der Waals surface area contributed by atoms with Gasteiger partial charge in [0.05, 0.1) is 20.3 Å². The highest BCUT2D eigenvalue weighted by molar-refractivity contribution is 7.98. The van der Waals surface area contributed by atoms with Crippen LogP contribution in [0.15, 0.2) is 46.3 Å². The number of carbonyl (C=O) groups excluding carboxylic acids is 1. The molecule has 1 amide bonds. The van der Waals surface area contributed by atoms with Crippen molar-refractivity contribution in [3.8, 4) is 0 Å². The van der Waals surface area contributed by atoms with Crippen LogP contribution < -0.4 is 4.80 Å². The third-order valence-corrected chi connectivity index (χ3v) is 6.02. The molecule has 1 aromatic heterocycles. The van der Waals surface area contributed by atoms with E-state index in [0.717, 1.165) is 15.1 Å². The minimum Gasteiger partial charge on any atom is -0.318 e. The average Bonchev–Trinajstić information content (AvgIpc) is 2.89. The zero-order valence-electron chi connectivity index (χ0n) is 12.3. The second kappa shape index (κ2) is 6.69. The third-order valence-electron chi connectivity index (χ3n) is 3.38. The van der Waals surface area contributed by atoms with E-state index in [2.05, 4.69) is 4.99 Å². The van der Waals surface area contributed by atoms with Gasteiger partial charge in [-0.3, -0.25) is 4.79 Å². The Labute approximate surface area is 151 Å². The summed E-state index contributed by atoms with van der Waals surface area (Å²) in [6.07, 6.45) is 1.99. The van der Waals surface area contributed by atoms with Crippen LogP contribution in [-0.2, 0) is 7.05 Å². The van der Waals surface area contributed by atoms with Crippen molar-refractivity contribution in [1.82, 2.24) is 4.57 Å². The van der Waals surface area contributed by atoms with Crippen LogP contribution in [0.5, 0.6) is 0 Å². The lowest BCUT2D eigenvalue weighted by Crippen LogP contribution is -2.13. The molecule has 0 aliphatic carbocycles. The fraction of sp³-hybridized carbons (Fsp3) is 0.125. The van der Waals surface area contributed by atoms with Crippen molar-refractivity contribution in [2.24, 2.45) is 12.0 Å². The lowest BCUT2D eigenvalue weighted by Gasteiger charge is -2.00.